The van der Waals surface area contributed by atoms with Crippen molar-refractivity contribution in [3.63, 3.8) is 0 Å². The number of fused-ring (bicyclic) bond motifs is 2. The Labute approximate surface area is 176 Å². The van der Waals surface area contributed by atoms with E-state index in [0.717, 1.165) is 28.0 Å². The van der Waals surface area contributed by atoms with Gasteiger partial charge in [0.1, 0.15) is 11.8 Å². The molecule has 0 fully saturated rings. The molecule has 0 aliphatic rings. The molecule has 0 unspecified atom stereocenters. The number of pyridine rings is 2. The summed E-state index contributed by atoms with van der Waals surface area (Å²) in [4.78, 5) is 25.5. The average molecular weight is 415 g/mol. The number of carbonyl (C=O) groups excluding carboxylic acids is 1. The smallest absolute Gasteiger partial charge is 0.306 e. The standard InChI is InChI=1S/C22H18FN7O/c1-13-5-3-6-15(26-13)11-30-18-8-4-7-17(19(18)14(2)28-30)27-22(31)29-12-25-20-16(23)9-10-24-21(20)29/h3-10,12H,11H2,1-2H3,(H,27,31). The van der Waals surface area contributed by atoms with E-state index in [9.17, 15) is 9.18 Å². The number of hydrogen-bond acceptors (Lipinski definition) is 5. The van der Waals surface area contributed by atoms with Crippen molar-refractivity contribution >= 4 is 33.8 Å². The van der Waals surface area contributed by atoms with Gasteiger partial charge < -0.3 is 5.32 Å². The molecule has 0 aliphatic carbocycles. The molecule has 8 nitrogen and oxygen atoms in total. The highest BCUT2D eigenvalue weighted by Crippen LogP contribution is 2.27. The Morgan fingerprint density at radius 2 is 1.94 bits per heavy atom. The van der Waals surface area contributed by atoms with Crippen LogP contribution in [0.1, 0.15) is 17.1 Å². The van der Waals surface area contributed by atoms with E-state index < -0.39 is 11.8 Å². The van der Waals surface area contributed by atoms with Crippen LogP contribution in [-0.2, 0) is 6.54 Å². The van der Waals surface area contributed by atoms with Crippen LogP contribution in [0.15, 0.2) is 55.0 Å². The van der Waals surface area contributed by atoms with Crippen LogP contribution in [0.2, 0.25) is 0 Å². The summed E-state index contributed by atoms with van der Waals surface area (Å²) in [5, 5.41) is 8.36. The van der Waals surface area contributed by atoms with Gasteiger partial charge >= 0.3 is 6.03 Å². The van der Waals surface area contributed by atoms with Crippen molar-refractivity contribution in [2.45, 2.75) is 20.4 Å². The third-order valence-electron chi connectivity index (χ3n) is 5.06. The normalized spacial score (nSPS) is 11.3. The lowest BCUT2D eigenvalue weighted by atomic mass is 10.1. The molecule has 31 heavy (non-hydrogen) atoms. The molecule has 5 rings (SSSR count). The molecule has 4 aromatic heterocycles. The number of nitrogens with zero attached hydrogens (tertiary/aromatic N) is 6. The van der Waals surface area contributed by atoms with Crippen LogP contribution < -0.4 is 5.32 Å². The van der Waals surface area contributed by atoms with Gasteiger partial charge in [-0.25, -0.2) is 23.7 Å². The van der Waals surface area contributed by atoms with Gasteiger partial charge in [-0.15, -0.1) is 0 Å². The summed E-state index contributed by atoms with van der Waals surface area (Å²) < 4.78 is 16.9. The van der Waals surface area contributed by atoms with E-state index in [1.807, 2.05) is 48.9 Å². The molecule has 0 bridgehead atoms. The molecule has 5 aromatic rings. The first-order chi connectivity index (χ1) is 15.0. The van der Waals surface area contributed by atoms with Crippen molar-refractivity contribution in [1.82, 2.24) is 29.3 Å². The SMILES string of the molecule is Cc1cccc(Cn2nc(C)c3c(NC(=O)n4cnc5c(F)ccnc54)cccc32)n1. The summed E-state index contributed by atoms with van der Waals surface area (Å²) in [5.74, 6) is -0.527. The predicted molar refractivity (Wildman–Crippen MR) is 114 cm³/mol. The quantitative estimate of drug-likeness (QED) is 0.480. The zero-order chi connectivity index (χ0) is 21.5. The van der Waals surface area contributed by atoms with Gasteiger partial charge in [-0.05, 0) is 44.2 Å². The molecule has 0 aliphatic heterocycles. The van der Waals surface area contributed by atoms with Crippen molar-refractivity contribution in [2.24, 2.45) is 0 Å². The van der Waals surface area contributed by atoms with E-state index in [0.29, 0.717) is 12.2 Å². The van der Waals surface area contributed by atoms with Gasteiger partial charge in [0.25, 0.3) is 0 Å². The molecule has 1 amide bonds. The summed E-state index contributed by atoms with van der Waals surface area (Å²) in [6.07, 6.45) is 2.56. The van der Waals surface area contributed by atoms with Crippen molar-refractivity contribution in [1.29, 1.82) is 0 Å². The van der Waals surface area contributed by atoms with Crippen molar-refractivity contribution in [3.8, 4) is 0 Å². The fraction of sp³-hybridized carbons (Fsp3) is 0.136. The molecular formula is C22H18FN7O. The Morgan fingerprint density at radius 1 is 1.10 bits per heavy atom. The van der Waals surface area contributed by atoms with Gasteiger partial charge in [-0.3, -0.25) is 9.67 Å². The first-order valence-corrected chi connectivity index (χ1v) is 9.69. The number of halogens is 1. The van der Waals surface area contributed by atoms with Crippen LogP contribution in [0.5, 0.6) is 0 Å². The number of imidazole rings is 1. The molecule has 0 saturated carbocycles. The van der Waals surface area contributed by atoms with Crippen LogP contribution in [0.4, 0.5) is 14.9 Å². The minimum atomic E-state index is -0.527. The third kappa shape index (κ3) is 3.29. The number of anilines is 1. The maximum absolute atomic E-state index is 13.9. The topological polar surface area (TPSA) is 90.5 Å². The maximum atomic E-state index is 13.9. The summed E-state index contributed by atoms with van der Waals surface area (Å²) in [6, 6.07) is 12.2. The van der Waals surface area contributed by atoms with Crippen LogP contribution in [0.3, 0.4) is 0 Å². The number of rotatable bonds is 3. The second-order valence-electron chi connectivity index (χ2n) is 7.22. The van der Waals surface area contributed by atoms with Crippen LogP contribution in [-0.4, -0.2) is 35.3 Å². The van der Waals surface area contributed by atoms with E-state index >= 15 is 0 Å². The number of carbonyl (C=O) groups is 1. The largest absolute Gasteiger partial charge is 0.332 e. The molecule has 9 heteroatoms. The number of amides is 1. The first-order valence-electron chi connectivity index (χ1n) is 9.69. The molecule has 0 radical (unpaired) electrons. The zero-order valence-electron chi connectivity index (χ0n) is 16.9. The maximum Gasteiger partial charge on any atom is 0.332 e. The predicted octanol–water partition coefficient (Wildman–Crippen LogP) is 4.06. The third-order valence-corrected chi connectivity index (χ3v) is 5.06. The Hall–Kier alpha value is -4.14. The number of nitrogens with one attached hydrogen (secondary N) is 1. The fourth-order valence-corrected chi connectivity index (χ4v) is 3.70. The summed E-state index contributed by atoms with van der Waals surface area (Å²) in [6.45, 7) is 4.35. The molecule has 154 valence electrons. The highest BCUT2D eigenvalue weighted by atomic mass is 19.1. The molecule has 0 saturated heterocycles. The summed E-state index contributed by atoms with van der Waals surface area (Å²) >= 11 is 0. The minimum absolute atomic E-state index is 0.0468. The highest BCUT2D eigenvalue weighted by Gasteiger charge is 2.17. The van der Waals surface area contributed by atoms with E-state index in [1.54, 1.807) is 6.07 Å². The van der Waals surface area contributed by atoms with Gasteiger partial charge in [0.2, 0.25) is 0 Å². The molecule has 4 heterocycles. The summed E-state index contributed by atoms with van der Waals surface area (Å²) in [5.41, 5.74) is 4.29. The monoisotopic (exact) mass is 415 g/mol. The molecule has 1 N–H and O–H groups in total. The van der Waals surface area contributed by atoms with E-state index in [2.05, 4.69) is 25.4 Å². The van der Waals surface area contributed by atoms with Gasteiger partial charge in [-0.1, -0.05) is 12.1 Å². The lowest BCUT2D eigenvalue weighted by molar-refractivity contribution is 0.254. The molecule has 1 aromatic carbocycles. The molecular weight excluding hydrogens is 397 g/mol. The Morgan fingerprint density at radius 3 is 2.77 bits per heavy atom. The Kier molecular flexibility index (Phi) is 4.43. The molecule has 0 atom stereocenters. The van der Waals surface area contributed by atoms with Crippen LogP contribution in [0.25, 0.3) is 22.1 Å². The number of aromatic nitrogens is 6. The summed E-state index contributed by atoms with van der Waals surface area (Å²) in [7, 11) is 0. The second-order valence-corrected chi connectivity index (χ2v) is 7.22. The minimum Gasteiger partial charge on any atom is -0.306 e. The zero-order valence-corrected chi connectivity index (χ0v) is 16.9. The Bertz CT molecular complexity index is 1450. The van der Waals surface area contributed by atoms with Crippen molar-refractivity contribution < 1.29 is 9.18 Å². The average Bonchev–Trinajstić information content (AvgIpc) is 3.31. The van der Waals surface area contributed by atoms with Gasteiger partial charge in [0, 0.05) is 17.3 Å². The second kappa shape index (κ2) is 7.28. The van der Waals surface area contributed by atoms with Crippen LogP contribution >= 0.6 is 0 Å². The van der Waals surface area contributed by atoms with E-state index in [4.69, 9.17) is 0 Å². The van der Waals surface area contributed by atoms with Gasteiger partial charge in [-0.2, -0.15) is 5.10 Å². The molecule has 0 spiro atoms. The fourth-order valence-electron chi connectivity index (χ4n) is 3.70. The Balaban J connectivity index is 1.51. The van der Waals surface area contributed by atoms with Crippen molar-refractivity contribution in [2.75, 3.05) is 5.32 Å². The van der Waals surface area contributed by atoms with E-state index in [1.165, 1.54) is 23.2 Å². The highest BCUT2D eigenvalue weighted by molar-refractivity contribution is 6.04. The number of aryl methyl sites for hydroxylation is 2. The van der Waals surface area contributed by atoms with Gasteiger partial charge in [0.05, 0.1) is 29.1 Å². The first kappa shape index (κ1) is 18.9. The van der Waals surface area contributed by atoms with Crippen molar-refractivity contribution in [3.05, 3.63) is 77.9 Å². The lowest BCUT2D eigenvalue weighted by Gasteiger charge is -2.09. The number of benzene rings is 1. The number of hydrogen-bond donors (Lipinski definition) is 1. The van der Waals surface area contributed by atoms with Gasteiger partial charge in [0.15, 0.2) is 11.5 Å². The van der Waals surface area contributed by atoms with E-state index in [-0.39, 0.29) is 11.2 Å². The van der Waals surface area contributed by atoms with Crippen LogP contribution in [0, 0.1) is 19.7 Å². The lowest BCUT2D eigenvalue weighted by Crippen LogP contribution is -2.19.